The topological polar surface area (TPSA) is 38.7 Å². The summed E-state index contributed by atoms with van der Waals surface area (Å²) in [5.74, 6) is 2.47. The molecule has 3 nitrogen and oxygen atoms in total. The van der Waals surface area contributed by atoms with E-state index in [4.69, 9.17) is 9.47 Å². The number of benzene rings is 1. The first-order chi connectivity index (χ1) is 8.21. The van der Waals surface area contributed by atoms with Crippen molar-refractivity contribution in [3.05, 3.63) is 23.8 Å². The van der Waals surface area contributed by atoms with Gasteiger partial charge in [0.15, 0.2) is 0 Å². The molecule has 94 valence electrons. The lowest BCUT2D eigenvalue weighted by atomic mass is 9.66. The predicted molar refractivity (Wildman–Crippen MR) is 66.7 cm³/mol. The van der Waals surface area contributed by atoms with E-state index in [1.54, 1.807) is 14.2 Å². The van der Waals surface area contributed by atoms with Crippen LogP contribution in [0.1, 0.15) is 31.2 Å². The van der Waals surface area contributed by atoms with Gasteiger partial charge in [-0.1, -0.05) is 13.3 Å². The van der Waals surface area contributed by atoms with E-state index in [1.165, 1.54) is 0 Å². The molecule has 3 atom stereocenters. The van der Waals surface area contributed by atoms with Crippen LogP contribution in [0.3, 0.4) is 0 Å². The lowest BCUT2D eigenvalue weighted by Gasteiger charge is -2.42. The van der Waals surface area contributed by atoms with Gasteiger partial charge in [-0.3, -0.25) is 0 Å². The molecule has 2 rings (SSSR count). The smallest absolute Gasteiger partial charge is 0.122 e. The molecule has 1 aliphatic rings. The number of aliphatic hydroxyl groups excluding tert-OH is 1. The van der Waals surface area contributed by atoms with E-state index in [2.05, 4.69) is 6.92 Å². The number of hydrogen-bond donors (Lipinski definition) is 1. The maximum atomic E-state index is 9.76. The van der Waals surface area contributed by atoms with Gasteiger partial charge in [-0.2, -0.15) is 0 Å². The number of methoxy groups -OCH3 is 2. The summed E-state index contributed by atoms with van der Waals surface area (Å²) < 4.78 is 10.6. The zero-order chi connectivity index (χ0) is 12.4. The molecule has 3 unspecified atom stereocenters. The lowest BCUT2D eigenvalue weighted by molar-refractivity contribution is -0.00147. The molecule has 3 heteroatoms. The van der Waals surface area contributed by atoms with E-state index in [0.29, 0.717) is 11.8 Å². The normalized spacial score (nSPS) is 27.4. The summed E-state index contributed by atoms with van der Waals surface area (Å²) in [6.07, 6.45) is 1.65. The van der Waals surface area contributed by atoms with Crippen molar-refractivity contribution >= 4 is 0 Å². The van der Waals surface area contributed by atoms with Gasteiger partial charge in [0.1, 0.15) is 11.5 Å². The number of rotatable bonds is 4. The zero-order valence-corrected chi connectivity index (χ0v) is 10.6. The van der Waals surface area contributed by atoms with Crippen LogP contribution in [0.2, 0.25) is 0 Å². The van der Waals surface area contributed by atoms with Crippen LogP contribution in [0, 0.1) is 5.92 Å². The lowest BCUT2D eigenvalue weighted by Crippen LogP contribution is -2.39. The molecule has 0 saturated heterocycles. The predicted octanol–water partition coefficient (Wildman–Crippen LogP) is 2.58. The summed E-state index contributed by atoms with van der Waals surface area (Å²) >= 11 is 0. The van der Waals surface area contributed by atoms with Crippen molar-refractivity contribution in [2.24, 2.45) is 5.92 Å². The van der Waals surface area contributed by atoms with Crippen molar-refractivity contribution < 1.29 is 14.6 Å². The van der Waals surface area contributed by atoms with Crippen LogP contribution in [0.4, 0.5) is 0 Å². The van der Waals surface area contributed by atoms with Crippen LogP contribution < -0.4 is 9.47 Å². The summed E-state index contributed by atoms with van der Waals surface area (Å²) in [5.41, 5.74) is 1.16. The van der Waals surface area contributed by atoms with E-state index in [1.807, 2.05) is 18.2 Å². The van der Waals surface area contributed by atoms with E-state index in [0.717, 1.165) is 29.9 Å². The van der Waals surface area contributed by atoms with Crippen molar-refractivity contribution in [2.75, 3.05) is 14.2 Å². The Morgan fingerprint density at radius 3 is 2.59 bits per heavy atom. The Morgan fingerprint density at radius 1 is 1.29 bits per heavy atom. The molecule has 0 amide bonds. The van der Waals surface area contributed by atoms with Crippen LogP contribution in [-0.4, -0.2) is 25.4 Å². The molecule has 0 aromatic heterocycles. The monoisotopic (exact) mass is 236 g/mol. The third kappa shape index (κ3) is 2.12. The second-order valence-corrected chi connectivity index (χ2v) is 4.59. The van der Waals surface area contributed by atoms with Crippen LogP contribution in [-0.2, 0) is 0 Å². The van der Waals surface area contributed by atoms with E-state index < -0.39 is 0 Å². The Hall–Kier alpha value is -1.22. The average Bonchev–Trinajstić information content (AvgIpc) is 2.35. The van der Waals surface area contributed by atoms with Crippen molar-refractivity contribution in [3.63, 3.8) is 0 Å². The molecule has 1 N–H and O–H groups in total. The first kappa shape index (κ1) is 12.2. The molecule has 17 heavy (non-hydrogen) atoms. The van der Waals surface area contributed by atoms with Crippen molar-refractivity contribution in [2.45, 2.75) is 31.8 Å². The molecular weight excluding hydrogens is 216 g/mol. The number of ether oxygens (including phenoxy) is 2. The summed E-state index contributed by atoms with van der Waals surface area (Å²) in [6.45, 7) is 2.12. The van der Waals surface area contributed by atoms with E-state index in [9.17, 15) is 5.11 Å². The van der Waals surface area contributed by atoms with Crippen LogP contribution >= 0.6 is 0 Å². The quantitative estimate of drug-likeness (QED) is 0.873. The molecule has 0 spiro atoms. The summed E-state index contributed by atoms with van der Waals surface area (Å²) in [7, 11) is 3.35. The minimum absolute atomic E-state index is 0.166. The van der Waals surface area contributed by atoms with Crippen molar-refractivity contribution in [3.8, 4) is 11.5 Å². The minimum atomic E-state index is -0.166. The highest BCUT2D eigenvalue weighted by molar-refractivity contribution is 5.44. The molecule has 1 aromatic rings. The van der Waals surface area contributed by atoms with Gasteiger partial charge >= 0.3 is 0 Å². The molecule has 0 aliphatic heterocycles. The zero-order valence-electron chi connectivity index (χ0n) is 10.6. The summed E-state index contributed by atoms with van der Waals surface area (Å²) in [4.78, 5) is 0. The largest absolute Gasteiger partial charge is 0.497 e. The van der Waals surface area contributed by atoms with Gasteiger partial charge < -0.3 is 14.6 Å². The summed E-state index contributed by atoms with van der Waals surface area (Å²) in [6, 6.07) is 5.86. The second kappa shape index (κ2) is 4.96. The first-order valence-electron chi connectivity index (χ1n) is 6.11. The second-order valence-electron chi connectivity index (χ2n) is 4.59. The fraction of sp³-hybridized carbons (Fsp3) is 0.571. The fourth-order valence-corrected chi connectivity index (χ4v) is 2.73. The van der Waals surface area contributed by atoms with Gasteiger partial charge in [-0.25, -0.2) is 0 Å². The average molecular weight is 236 g/mol. The molecule has 0 radical (unpaired) electrons. The molecule has 1 aromatic carbocycles. The van der Waals surface area contributed by atoms with Gasteiger partial charge in [0.05, 0.1) is 20.3 Å². The summed E-state index contributed by atoms with van der Waals surface area (Å²) in [5, 5.41) is 9.76. The van der Waals surface area contributed by atoms with Crippen molar-refractivity contribution in [1.29, 1.82) is 0 Å². The van der Waals surface area contributed by atoms with E-state index in [-0.39, 0.29) is 6.10 Å². The molecule has 0 heterocycles. The first-order valence-corrected chi connectivity index (χ1v) is 6.11. The molecule has 1 saturated carbocycles. The Bertz CT molecular complexity index is 389. The van der Waals surface area contributed by atoms with E-state index >= 15 is 0 Å². The Morgan fingerprint density at radius 2 is 2.06 bits per heavy atom. The van der Waals surface area contributed by atoms with Crippen molar-refractivity contribution in [1.82, 2.24) is 0 Å². The molecule has 1 fully saturated rings. The molecule has 1 aliphatic carbocycles. The van der Waals surface area contributed by atoms with Crippen LogP contribution in [0.25, 0.3) is 0 Å². The fourth-order valence-electron chi connectivity index (χ4n) is 2.73. The minimum Gasteiger partial charge on any atom is -0.497 e. The van der Waals surface area contributed by atoms with Crippen LogP contribution in [0.5, 0.6) is 11.5 Å². The SMILES string of the molecule is CCC1C(O)CC1c1cc(OC)ccc1OC. The van der Waals surface area contributed by atoms with Gasteiger partial charge in [0, 0.05) is 5.56 Å². The molecule has 0 bridgehead atoms. The maximum Gasteiger partial charge on any atom is 0.122 e. The third-order valence-corrected chi connectivity index (χ3v) is 3.81. The highest BCUT2D eigenvalue weighted by Crippen LogP contribution is 2.48. The highest BCUT2D eigenvalue weighted by atomic mass is 16.5. The number of hydrogen-bond acceptors (Lipinski definition) is 3. The maximum absolute atomic E-state index is 9.76. The number of aliphatic hydroxyl groups is 1. The highest BCUT2D eigenvalue weighted by Gasteiger charge is 2.40. The Balaban J connectivity index is 2.30. The van der Waals surface area contributed by atoms with Gasteiger partial charge in [0.25, 0.3) is 0 Å². The van der Waals surface area contributed by atoms with Crippen LogP contribution in [0.15, 0.2) is 18.2 Å². The molecular formula is C14H20O3. The standard InChI is InChI=1S/C14H20O3/c1-4-10-11(8-13(10)15)12-7-9(16-2)5-6-14(12)17-3/h5-7,10-11,13,15H,4,8H2,1-3H3. The van der Waals surface area contributed by atoms with Gasteiger partial charge in [0.2, 0.25) is 0 Å². The van der Waals surface area contributed by atoms with Gasteiger partial charge in [-0.15, -0.1) is 0 Å². The Kier molecular flexibility index (Phi) is 3.57. The third-order valence-electron chi connectivity index (χ3n) is 3.81. The Labute approximate surface area is 102 Å². The van der Waals surface area contributed by atoms with Gasteiger partial charge in [-0.05, 0) is 36.5 Å².